The van der Waals surface area contributed by atoms with Gasteiger partial charge < -0.3 is 9.72 Å². The zero-order valence-corrected chi connectivity index (χ0v) is 11.1. The molecule has 0 bridgehead atoms. The number of fused-ring (bicyclic) bond motifs is 2. The Labute approximate surface area is 120 Å². The molecule has 1 aliphatic heterocycles. The van der Waals surface area contributed by atoms with E-state index in [1.807, 2.05) is 36.4 Å². The summed E-state index contributed by atoms with van der Waals surface area (Å²) in [4.78, 5) is 25.3. The molecule has 1 N–H and O–H groups in total. The summed E-state index contributed by atoms with van der Waals surface area (Å²) in [5.74, 6) is -0.256. The molecule has 0 fully saturated rings. The molecule has 1 aromatic heterocycles. The Morgan fingerprint density at radius 2 is 1.86 bits per heavy atom. The molecule has 1 aliphatic rings. The van der Waals surface area contributed by atoms with E-state index in [0.717, 1.165) is 33.9 Å². The monoisotopic (exact) mass is 277 g/mol. The fourth-order valence-electron chi connectivity index (χ4n) is 2.71. The number of carbonyl (C=O) groups is 2. The van der Waals surface area contributed by atoms with E-state index in [1.54, 1.807) is 6.07 Å². The highest BCUT2D eigenvalue weighted by molar-refractivity contribution is 5.95. The number of rotatable bonds is 2. The summed E-state index contributed by atoms with van der Waals surface area (Å²) < 4.78 is 5.02. The van der Waals surface area contributed by atoms with Crippen LogP contribution in [0.3, 0.4) is 0 Å². The van der Waals surface area contributed by atoms with E-state index in [4.69, 9.17) is 4.74 Å². The molecule has 0 amide bonds. The molecule has 2 aromatic carbocycles. The number of hydrogen-bond donors (Lipinski definition) is 1. The Morgan fingerprint density at radius 1 is 1.05 bits per heavy atom. The van der Waals surface area contributed by atoms with Gasteiger partial charge >= 0.3 is 5.97 Å². The minimum atomic E-state index is -0.256. The summed E-state index contributed by atoms with van der Waals surface area (Å²) in [6.45, 7) is 0.337. The van der Waals surface area contributed by atoms with E-state index in [2.05, 4.69) is 4.98 Å². The summed E-state index contributed by atoms with van der Waals surface area (Å²) in [7, 11) is 0. The molecule has 0 aliphatic carbocycles. The van der Waals surface area contributed by atoms with Crippen LogP contribution in [-0.4, -0.2) is 17.2 Å². The lowest BCUT2D eigenvalue weighted by atomic mass is 9.99. The second kappa shape index (κ2) is 4.31. The van der Waals surface area contributed by atoms with Gasteiger partial charge in [-0.1, -0.05) is 12.1 Å². The fraction of sp³-hybridized carbons (Fsp3) is 0.0588. The average molecular weight is 277 g/mol. The number of esters is 1. The van der Waals surface area contributed by atoms with Crippen molar-refractivity contribution in [2.24, 2.45) is 0 Å². The molecule has 0 saturated heterocycles. The smallest absolute Gasteiger partial charge is 0.338 e. The van der Waals surface area contributed by atoms with Crippen LogP contribution in [-0.2, 0) is 11.3 Å². The molecule has 0 unspecified atom stereocenters. The van der Waals surface area contributed by atoms with Gasteiger partial charge in [-0.3, -0.25) is 4.79 Å². The first kappa shape index (κ1) is 11.9. The third kappa shape index (κ3) is 1.84. The quantitative estimate of drug-likeness (QED) is 0.577. The van der Waals surface area contributed by atoms with Gasteiger partial charge in [0.1, 0.15) is 6.61 Å². The Hall–Kier alpha value is -2.88. The van der Waals surface area contributed by atoms with Gasteiger partial charge in [-0.25, -0.2) is 4.79 Å². The van der Waals surface area contributed by atoms with Crippen molar-refractivity contribution >= 4 is 23.2 Å². The number of benzene rings is 2. The predicted molar refractivity (Wildman–Crippen MR) is 78.2 cm³/mol. The van der Waals surface area contributed by atoms with Crippen LogP contribution in [0.2, 0.25) is 0 Å². The molecule has 0 spiro atoms. The maximum atomic E-state index is 11.5. The number of carbonyl (C=O) groups excluding carboxylic acids is 2. The van der Waals surface area contributed by atoms with Crippen LogP contribution in [0, 0.1) is 0 Å². The summed E-state index contributed by atoms with van der Waals surface area (Å²) in [6.07, 6.45) is 0.804. The molecular formula is C17H11NO3. The molecule has 3 aromatic rings. The fourth-order valence-corrected chi connectivity index (χ4v) is 2.71. The van der Waals surface area contributed by atoms with Crippen LogP contribution in [0.15, 0.2) is 42.5 Å². The van der Waals surface area contributed by atoms with E-state index in [9.17, 15) is 9.59 Å². The van der Waals surface area contributed by atoms with Crippen LogP contribution >= 0.6 is 0 Å². The Balaban J connectivity index is 1.82. The normalized spacial score (nSPS) is 13.2. The van der Waals surface area contributed by atoms with Crippen molar-refractivity contribution in [3.8, 4) is 11.1 Å². The van der Waals surface area contributed by atoms with Gasteiger partial charge in [0.25, 0.3) is 0 Å². The minimum absolute atomic E-state index is 0.256. The highest BCUT2D eigenvalue weighted by atomic mass is 16.5. The van der Waals surface area contributed by atoms with Crippen molar-refractivity contribution in [1.29, 1.82) is 0 Å². The average Bonchev–Trinajstić information content (AvgIpc) is 3.09. The molecule has 21 heavy (non-hydrogen) atoms. The molecule has 102 valence electrons. The molecule has 0 radical (unpaired) electrons. The van der Waals surface area contributed by atoms with Gasteiger partial charge in [0, 0.05) is 16.5 Å². The van der Waals surface area contributed by atoms with Crippen LogP contribution < -0.4 is 0 Å². The number of aldehydes is 1. The maximum absolute atomic E-state index is 11.5. The molecule has 2 heterocycles. The van der Waals surface area contributed by atoms with E-state index in [0.29, 0.717) is 17.9 Å². The first-order valence-electron chi connectivity index (χ1n) is 6.63. The SMILES string of the molecule is O=Cc1cc2cc(-c3ccc4c(c3)COC4=O)ccc2[nH]1. The minimum Gasteiger partial charge on any atom is -0.457 e. The molecule has 0 saturated carbocycles. The van der Waals surface area contributed by atoms with Crippen LogP contribution in [0.4, 0.5) is 0 Å². The molecule has 4 rings (SSSR count). The second-order valence-electron chi connectivity index (χ2n) is 5.09. The van der Waals surface area contributed by atoms with Crippen molar-refractivity contribution in [1.82, 2.24) is 4.98 Å². The van der Waals surface area contributed by atoms with Crippen molar-refractivity contribution in [3.05, 3.63) is 59.3 Å². The molecule has 4 nitrogen and oxygen atoms in total. The number of H-pyrrole nitrogens is 1. The molecule has 0 atom stereocenters. The first-order chi connectivity index (χ1) is 10.2. The third-order valence-corrected chi connectivity index (χ3v) is 3.79. The number of hydrogen-bond acceptors (Lipinski definition) is 3. The van der Waals surface area contributed by atoms with E-state index in [-0.39, 0.29) is 5.97 Å². The molecular weight excluding hydrogens is 266 g/mol. The lowest BCUT2D eigenvalue weighted by molar-refractivity contribution is 0.0535. The van der Waals surface area contributed by atoms with Gasteiger partial charge in [-0.2, -0.15) is 0 Å². The Morgan fingerprint density at radius 3 is 2.71 bits per heavy atom. The summed E-state index contributed by atoms with van der Waals surface area (Å²) >= 11 is 0. The lowest BCUT2D eigenvalue weighted by Gasteiger charge is -2.04. The number of nitrogens with one attached hydrogen (secondary N) is 1. The van der Waals surface area contributed by atoms with Crippen molar-refractivity contribution in [2.45, 2.75) is 6.61 Å². The third-order valence-electron chi connectivity index (χ3n) is 3.79. The summed E-state index contributed by atoms with van der Waals surface area (Å²) in [6, 6.07) is 13.5. The summed E-state index contributed by atoms with van der Waals surface area (Å²) in [5.41, 5.74) is 5.13. The van der Waals surface area contributed by atoms with Gasteiger partial charge in [0.15, 0.2) is 6.29 Å². The number of cyclic esters (lactones) is 1. The number of aromatic amines is 1. The second-order valence-corrected chi connectivity index (χ2v) is 5.09. The molecule has 4 heteroatoms. The number of ether oxygens (including phenoxy) is 1. The van der Waals surface area contributed by atoms with E-state index < -0.39 is 0 Å². The van der Waals surface area contributed by atoms with Crippen molar-refractivity contribution in [3.63, 3.8) is 0 Å². The van der Waals surface area contributed by atoms with Crippen LogP contribution in [0.5, 0.6) is 0 Å². The Bertz CT molecular complexity index is 892. The van der Waals surface area contributed by atoms with Crippen LogP contribution in [0.1, 0.15) is 26.4 Å². The van der Waals surface area contributed by atoms with Gasteiger partial charge in [-0.05, 0) is 41.5 Å². The van der Waals surface area contributed by atoms with Crippen LogP contribution in [0.25, 0.3) is 22.0 Å². The first-order valence-corrected chi connectivity index (χ1v) is 6.63. The highest BCUT2D eigenvalue weighted by Crippen LogP contribution is 2.29. The highest BCUT2D eigenvalue weighted by Gasteiger charge is 2.21. The zero-order chi connectivity index (χ0) is 14.4. The Kier molecular flexibility index (Phi) is 2.44. The van der Waals surface area contributed by atoms with E-state index in [1.165, 1.54) is 0 Å². The number of aromatic nitrogens is 1. The lowest BCUT2D eigenvalue weighted by Crippen LogP contribution is -1.92. The zero-order valence-electron chi connectivity index (χ0n) is 11.1. The van der Waals surface area contributed by atoms with Crippen molar-refractivity contribution in [2.75, 3.05) is 0 Å². The predicted octanol–water partition coefficient (Wildman–Crippen LogP) is 3.32. The standard InChI is InChI=1S/C17H11NO3/c19-8-14-7-12-5-11(2-4-16(12)18-14)10-1-3-15-13(6-10)9-21-17(15)20/h1-8,18H,9H2. The largest absolute Gasteiger partial charge is 0.457 e. The van der Waals surface area contributed by atoms with Gasteiger partial charge in [0.05, 0.1) is 11.3 Å². The topological polar surface area (TPSA) is 59.2 Å². The van der Waals surface area contributed by atoms with Crippen molar-refractivity contribution < 1.29 is 14.3 Å². The summed E-state index contributed by atoms with van der Waals surface area (Å²) in [5, 5.41) is 0.988. The van der Waals surface area contributed by atoms with E-state index >= 15 is 0 Å². The van der Waals surface area contributed by atoms with Gasteiger partial charge in [-0.15, -0.1) is 0 Å². The maximum Gasteiger partial charge on any atom is 0.338 e. The van der Waals surface area contributed by atoms with Gasteiger partial charge in [0.2, 0.25) is 0 Å².